The predicted molar refractivity (Wildman–Crippen MR) is 117 cm³/mol. The second kappa shape index (κ2) is 12.6. The fourth-order valence-electron chi connectivity index (χ4n) is 3.05. The molecule has 5 heteroatoms. The molecule has 0 bridgehead atoms. The highest BCUT2D eigenvalue weighted by molar-refractivity contribution is 7.13. The van der Waals surface area contributed by atoms with Crippen molar-refractivity contribution < 1.29 is 9.53 Å². The molecule has 154 valence electrons. The average molecular weight is 403 g/mol. The van der Waals surface area contributed by atoms with Crippen molar-refractivity contribution in [2.75, 3.05) is 6.54 Å². The number of aryl methyl sites for hydroxylation is 2. The maximum absolute atomic E-state index is 12.4. The molecule has 0 aliphatic carbocycles. The van der Waals surface area contributed by atoms with E-state index in [0.29, 0.717) is 11.5 Å². The summed E-state index contributed by atoms with van der Waals surface area (Å²) in [5, 5.41) is 3.86. The van der Waals surface area contributed by atoms with Crippen molar-refractivity contribution in [2.45, 2.75) is 78.7 Å². The number of aromatic nitrogens is 1. The van der Waals surface area contributed by atoms with Crippen LogP contribution in [0.5, 0.6) is 5.75 Å². The number of benzene rings is 1. The predicted octanol–water partition coefficient (Wildman–Crippen LogP) is 6.21. The minimum Gasteiger partial charge on any atom is -0.486 e. The van der Waals surface area contributed by atoms with E-state index < -0.39 is 0 Å². The van der Waals surface area contributed by atoms with Crippen LogP contribution in [0.3, 0.4) is 0 Å². The molecule has 1 heterocycles. The van der Waals surface area contributed by atoms with E-state index in [2.05, 4.69) is 17.2 Å². The smallest absolute Gasteiger partial charge is 0.263 e. The summed E-state index contributed by atoms with van der Waals surface area (Å²) in [7, 11) is 0. The van der Waals surface area contributed by atoms with Crippen LogP contribution in [0.25, 0.3) is 0 Å². The van der Waals surface area contributed by atoms with Crippen LogP contribution in [-0.2, 0) is 6.61 Å². The summed E-state index contributed by atoms with van der Waals surface area (Å²) >= 11 is 1.42. The second-order valence-corrected chi connectivity index (χ2v) is 8.44. The van der Waals surface area contributed by atoms with E-state index in [1.807, 2.05) is 38.1 Å². The van der Waals surface area contributed by atoms with E-state index >= 15 is 0 Å². The van der Waals surface area contributed by atoms with Crippen LogP contribution in [-0.4, -0.2) is 17.4 Å². The Morgan fingerprint density at radius 1 is 1.00 bits per heavy atom. The summed E-state index contributed by atoms with van der Waals surface area (Å²) in [4.78, 5) is 17.6. The summed E-state index contributed by atoms with van der Waals surface area (Å²) in [5.74, 6) is 0.804. The van der Waals surface area contributed by atoms with Crippen LogP contribution < -0.4 is 10.1 Å². The van der Waals surface area contributed by atoms with Crippen molar-refractivity contribution >= 4 is 17.2 Å². The van der Waals surface area contributed by atoms with Gasteiger partial charge < -0.3 is 10.1 Å². The molecule has 0 radical (unpaired) electrons. The van der Waals surface area contributed by atoms with Crippen LogP contribution in [0.2, 0.25) is 0 Å². The van der Waals surface area contributed by atoms with E-state index in [9.17, 15) is 4.79 Å². The lowest BCUT2D eigenvalue weighted by atomic mass is 10.1. The molecule has 2 aromatic rings. The van der Waals surface area contributed by atoms with Gasteiger partial charge in [0.05, 0.1) is 5.69 Å². The van der Waals surface area contributed by atoms with Gasteiger partial charge in [-0.1, -0.05) is 69.6 Å². The first kappa shape index (κ1) is 22.4. The fourth-order valence-corrected chi connectivity index (χ4v) is 3.94. The molecule has 0 saturated heterocycles. The number of hydrogen-bond donors (Lipinski definition) is 1. The first-order chi connectivity index (χ1) is 13.6. The SMILES string of the molecule is CCCCCCCCCCNC(=O)c1sc(COc2ccc(C)cc2)nc1C. The topological polar surface area (TPSA) is 51.2 Å². The second-order valence-electron chi connectivity index (χ2n) is 7.35. The normalized spacial score (nSPS) is 10.8. The molecule has 0 spiro atoms. The minimum absolute atomic E-state index is 0.0143. The quantitative estimate of drug-likeness (QED) is 0.405. The Balaban J connectivity index is 1.67. The number of thiazole rings is 1. The summed E-state index contributed by atoms with van der Waals surface area (Å²) in [5.41, 5.74) is 1.98. The fraction of sp³-hybridized carbons (Fsp3) is 0.565. The molecule has 1 N–H and O–H groups in total. The third-order valence-corrected chi connectivity index (χ3v) is 5.88. The van der Waals surface area contributed by atoms with Gasteiger partial charge in [0.15, 0.2) is 0 Å². The van der Waals surface area contributed by atoms with Crippen molar-refractivity contribution in [3.63, 3.8) is 0 Å². The number of nitrogens with one attached hydrogen (secondary N) is 1. The number of hydrogen-bond acceptors (Lipinski definition) is 4. The maximum Gasteiger partial charge on any atom is 0.263 e. The molecule has 0 unspecified atom stereocenters. The molecular weight excluding hydrogens is 368 g/mol. The van der Waals surface area contributed by atoms with Crippen molar-refractivity contribution in [2.24, 2.45) is 0 Å². The van der Waals surface area contributed by atoms with Gasteiger partial charge in [0.2, 0.25) is 0 Å². The molecule has 0 atom stereocenters. The Kier molecular flexibility index (Phi) is 10.0. The monoisotopic (exact) mass is 402 g/mol. The van der Waals surface area contributed by atoms with Gasteiger partial charge in [0.1, 0.15) is 22.2 Å². The molecule has 1 aromatic carbocycles. The van der Waals surface area contributed by atoms with Crippen LogP contribution in [0.15, 0.2) is 24.3 Å². The highest BCUT2D eigenvalue weighted by atomic mass is 32.1. The number of carbonyl (C=O) groups is 1. The van der Waals surface area contributed by atoms with Gasteiger partial charge in [-0.15, -0.1) is 11.3 Å². The van der Waals surface area contributed by atoms with E-state index in [1.54, 1.807) is 0 Å². The molecule has 0 fully saturated rings. The minimum atomic E-state index is -0.0143. The maximum atomic E-state index is 12.4. The van der Waals surface area contributed by atoms with Gasteiger partial charge in [-0.05, 0) is 32.4 Å². The standard InChI is InChI=1S/C23H34N2O2S/c1-4-5-6-7-8-9-10-11-16-24-23(26)22-19(3)25-21(28-22)17-27-20-14-12-18(2)13-15-20/h12-15H,4-11,16-17H2,1-3H3,(H,24,26). The first-order valence-corrected chi connectivity index (χ1v) is 11.4. The van der Waals surface area contributed by atoms with Gasteiger partial charge in [0, 0.05) is 6.54 Å². The van der Waals surface area contributed by atoms with Gasteiger partial charge in [-0.2, -0.15) is 0 Å². The Morgan fingerprint density at radius 2 is 1.64 bits per heavy atom. The number of ether oxygens (including phenoxy) is 1. The summed E-state index contributed by atoms with van der Waals surface area (Å²) in [6.07, 6.45) is 10.1. The Hall–Kier alpha value is -1.88. The number of unbranched alkanes of at least 4 members (excludes halogenated alkanes) is 7. The molecule has 28 heavy (non-hydrogen) atoms. The lowest BCUT2D eigenvalue weighted by molar-refractivity contribution is 0.0956. The van der Waals surface area contributed by atoms with Gasteiger partial charge in [-0.3, -0.25) is 4.79 Å². The average Bonchev–Trinajstić information content (AvgIpc) is 3.07. The number of amides is 1. The zero-order chi connectivity index (χ0) is 20.2. The van der Waals surface area contributed by atoms with Crippen molar-refractivity contribution in [1.82, 2.24) is 10.3 Å². The van der Waals surface area contributed by atoms with Crippen LogP contribution >= 0.6 is 11.3 Å². The zero-order valence-corrected chi connectivity index (χ0v) is 18.4. The van der Waals surface area contributed by atoms with Crippen molar-refractivity contribution in [3.8, 4) is 5.75 Å². The van der Waals surface area contributed by atoms with Gasteiger partial charge >= 0.3 is 0 Å². The van der Waals surface area contributed by atoms with E-state index in [1.165, 1.54) is 61.8 Å². The lowest BCUT2D eigenvalue weighted by Crippen LogP contribution is -2.24. The van der Waals surface area contributed by atoms with Crippen LogP contribution in [0.1, 0.15) is 84.2 Å². The highest BCUT2D eigenvalue weighted by Gasteiger charge is 2.15. The molecule has 2 rings (SSSR count). The van der Waals surface area contributed by atoms with Crippen molar-refractivity contribution in [3.05, 3.63) is 45.4 Å². The van der Waals surface area contributed by atoms with Crippen LogP contribution in [0.4, 0.5) is 0 Å². The molecule has 0 aliphatic rings. The summed E-state index contributed by atoms with van der Waals surface area (Å²) < 4.78 is 5.77. The van der Waals surface area contributed by atoms with Gasteiger partial charge in [-0.25, -0.2) is 4.98 Å². The molecule has 0 saturated carbocycles. The molecule has 1 aromatic heterocycles. The summed E-state index contributed by atoms with van der Waals surface area (Å²) in [6.45, 7) is 7.30. The Morgan fingerprint density at radius 3 is 2.32 bits per heavy atom. The number of carbonyl (C=O) groups excluding carboxylic acids is 1. The third kappa shape index (κ3) is 8.01. The lowest BCUT2D eigenvalue weighted by Gasteiger charge is -2.04. The Labute approximate surface area is 173 Å². The third-order valence-electron chi connectivity index (χ3n) is 4.75. The largest absolute Gasteiger partial charge is 0.486 e. The van der Waals surface area contributed by atoms with Gasteiger partial charge in [0.25, 0.3) is 5.91 Å². The molecule has 1 amide bonds. The zero-order valence-electron chi connectivity index (χ0n) is 17.6. The van der Waals surface area contributed by atoms with Crippen LogP contribution in [0, 0.1) is 13.8 Å². The molecule has 4 nitrogen and oxygen atoms in total. The number of rotatable bonds is 13. The Bertz CT molecular complexity index is 710. The van der Waals surface area contributed by atoms with E-state index in [-0.39, 0.29) is 5.91 Å². The van der Waals surface area contributed by atoms with E-state index in [4.69, 9.17) is 4.74 Å². The van der Waals surface area contributed by atoms with E-state index in [0.717, 1.165) is 29.4 Å². The number of nitrogens with zero attached hydrogens (tertiary/aromatic N) is 1. The summed E-state index contributed by atoms with van der Waals surface area (Å²) in [6, 6.07) is 7.94. The first-order valence-electron chi connectivity index (χ1n) is 10.5. The highest BCUT2D eigenvalue weighted by Crippen LogP contribution is 2.20. The van der Waals surface area contributed by atoms with Crippen molar-refractivity contribution in [1.29, 1.82) is 0 Å². The molecule has 0 aliphatic heterocycles. The molecular formula is C23H34N2O2S.